The third-order valence-corrected chi connectivity index (χ3v) is 4.94. The molecule has 0 spiro atoms. The van der Waals surface area contributed by atoms with Gasteiger partial charge in [0.2, 0.25) is 5.91 Å². The standard InChI is InChI=1S/C16H21N3O3S.ClH/c20-15(18-13-5-7-22-8-6-13)11-1-3-12(4-2-11)19-16(21)14-9-23-10-17-14;/h1-4,13-14,17H,5-10H2,(H,18,20)(H,19,21);1H. The Hall–Kier alpha value is -1.28. The fourth-order valence-electron chi connectivity index (χ4n) is 2.61. The Morgan fingerprint density at radius 1 is 1.17 bits per heavy atom. The molecule has 0 aliphatic carbocycles. The molecule has 0 radical (unpaired) electrons. The van der Waals surface area contributed by atoms with Crippen LogP contribution in [-0.2, 0) is 9.53 Å². The van der Waals surface area contributed by atoms with E-state index in [1.54, 1.807) is 36.0 Å². The number of carbonyl (C=O) groups is 2. The zero-order valence-electron chi connectivity index (χ0n) is 13.2. The highest BCUT2D eigenvalue weighted by atomic mass is 35.5. The first-order chi connectivity index (χ1) is 11.2. The molecule has 2 saturated heterocycles. The number of ether oxygens (including phenoxy) is 1. The maximum absolute atomic E-state index is 12.2. The van der Waals surface area contributed by atoms with Gasteiger partial charge in [-0.1, -0.05) is 0 Å². The van der Waals surface area contributed by atoms with Crippen molar-refractivity contribution in [3.63, 3.8) is 0 Å². The second-order valence-corrected chi connectivity index (χ2v) is 6.73. The van der Waals surface area contributed by atoms with E-state index in [4.69, 9.17) is 4.74 Å². The monoisotopic (exact) mass is 371 g/mol. The van der Waals surface area contributed by atoms with Crippen LogP contribution < -0.4 is 16.0 Å². The van der Waals surface area contributed by atoms with Crippen LogP contribution in [0, 0.1) is 0 Å². The zero-order valence-corrected chi connectivity index (χ0v) is 14.9. The molecule has 2 aliphatic rings. The summed E-state index contributed by atoms with van der Waals surface area (Å²) in [6, 6.07) is 7.04. The molecule has 3 N–H and O–H groups in total. The predicted molar refractivity (Wildman–Crippen MR) is 97.9 cm³/mol. The van der Waals surface area contributed by atoms with Crippen LogP contribution in [0.5, 0.6) is 0 Å². The van der Waals surface area contributed by atoms with Crippen molar-refractivity contribution in [2.24, 2.45) is 0 Å². The second kappa shape index (κ2) is 9.27. The molecule has 1 aromatic rings. The Morgan fingerprint density at radius 2 is 1.88 bits per heavy atom. The van der Waals surface area contributed by atoms with Gasteiger partial charge in [0.1, 0.15) is 0 Å². The van der Waals surface area contributed by atoms with Crippen molar-refractivity contribution in [2.75, 3.05) is 30.2 Å². The molecule has 0 bridgehead atoms. The number of hydrogen-bond acceptors (Lipinski definition) is 5. The van der Waals surface area contributed by atoms with Crippen LogP contribution in [-0.4, -0.2) is 48.7 Å². The molecule has 6 nitrogen and oxygen atoms in total. The minimum atomic E-state index is -0.142. The predicted octanol–water partition coefficient (Wildman–Crippen LogP) is 1.62. The van der Waals surface area contributed by atoms with Gasteiger partial charge in [0.05, 0.1) is 6.04 Å². The number of nitrogens with one attached hydrogen (secondary N) is 3. The summed E-state index contributed by atoms with van der Waals surface area (Å²) in [6.07, 6.45) is 1.71. The molecular weight excluding hydrogens is 350 g/mol. The number of halogens is 1. The molecule has 1 atom stereocenters. The fraction of sp³-hybridized carbons (Fsp3) is 0.500. The number of hydrogen-bond donors (Lipinski definition) is 3. The van der Waals surface area contributed by atoms with E-state index >= 15 is 0 Å². The molecule has 24 heavy (non-hydrogen) atoms. The number of thioether (sulfide) groups is 1. The Balaban J connectivity index is 0.00000208. The lowest BCUT2D eigenvalue weighted by Gasteiger charge is -2.23. The van der Waals surface area contributed by atoms with Gasteiger partial charge in [-0.3, -0.25) is 14.9 Å². The summed E-state index contributed by atoms with van der Waals surface area (Å²) in [4.78, 5) is 24.2. The van der Waals surface area contributed by atoms with E-state index in [0.717, 1.165) is 24.5 Å². The zero-order chi connectivity index (χ0) is 16.1. The van der Waals surface area contributed by atoms with Gasteiger partial charge in [-0.05, 0) is 37.1 Å². The van der Waals surface area contributed by atoms with E-state index in [1.165, 1.54) is 0 Å². The van der Waals surface area contributed by atoms with Crippen LogP contribution in [0.2, 0.25) is 0 Å². The number of anilines is 1. The van der Waals surface area contributed by atoms with Gasteiger partial charge >= 0.3 is 0 Å². The summed E-state index contributed by atoms with van der Waals surface area (Å²) in [5, 5.41) is 9.02. The maximum Gasteiger partial charge on any atom is 0.251 e. The average molecular weight is 372 g/mol. The topological polar surface area (TPSA) is 79.5 Å². The molecule has 2 fully saturated rings. The molecule has 8 heteroatoms. The van der Waals surface area contributed by atoms with Crippen LogP contribution >= 0.6 is 24.2 Å². The Bertz CT molecular complexity index is 558. The molecule has 1 aromatic carbocycles. The van der Waals surface area contributed by atoms with Gasteiger partial charge in [0, 0.05) is 42.1 Å². The molecule has 1 unspecified atom stereocenters. The van der Waals surface area contributed by atoms with Crippen LogP contribution in [0.4, 0.5) is 5.69 Å². The summed E-state index contributed by atoms with van der Waals surface area (Å²) in [5.41, 5.74) is 1.31. The number of amides is 2. The van der Waals surface area contributed by atoms with Crippen LogP contribution in [0.1, 0.15) is 23.2 Å². The average Bonchev–Trinajstić information content (AvgIpc) is 3.11. The quantitative estimate of drug-likeness (QED) is 0.749. The largest absolute Gasteiger partial charge is 0.381 e. The molecule has 0 aromatic heterocycles. The van der Waals surface area contributed by atoms with Crippen molar-refractivity contribution < 1.29 is 14.3 Å². The molecule has 132 valence electrons. The van der Waals surface area contributed by atoms with E-state index in [2.05, 4.69) is 16.0 Å². The van der Waals surface area contributed by atoms with E-state index in [-0.39, 0.29) is 36.3 Å². The smallest absolute Gasteiger partial charge is 0.251 e. The van der Waals surface area contributed by atoms with Crippen LogP contribution in [0.15, 0.2) is 24.3 Å². The first-order valence-corrected chi connectivity index (χ1v) is 8.98. The summed E-state index contributed by atoms with van der Waals surface area (Å²) >= 11 is 1.71. The highest BCUT2D eigenvalue weighted by Crippen LogP contribution is 2.14. The van der Waals surface area contributed by atoms with E-state index in [0.29, 0.717) is 24.5 Å². The lowest BCUT2D eigenvalue weighted by molar-refractivity contribution is -0.117. The van der Waals surface area contributed by atoms with Gasteiger partial charge in [-0.25, -0.2) is 0 Å². The van der Waals surface area contributed by atoms with Gasteiger partial charge in [0.15, 0.2) is 0 Å². The molecule has 0 saturated carbocycles. The molecule has 3 rings (SSSR count). The second-order valence-electron chi connectivity index (χ2n) is 5.70. The normalized spacial score (nSPS) is 20.9. The van der Waals surface area contributed by atoms with Crippen molar-refractivity contribution >= 4 is 41.7 Å². The van der Waals surface area contributed by atoms with Gasteiger partial charge in [-0.2, -0.15) is 0 Å². The molecule has 2 amide bonds. The van der Waals surface area contributed by atoms with Crippen LogP contribution in [0.25, 0.3) is 0 Å². The fourth-order valence-corrected chi connectivity index (χ4v) is 3.55. The first kappa shape index (κ1) is 19.1. The summed E-state index contributed by atoms with van der Waals surface area (Å²) in [5.74, 6) is 1.49. The first-order valence-electron chi connectivity index (χ1n) is 7.83. The maximum atomic E-state index is 12.2. The number of benzene rings is 1. The summed E-state index contributed by atoms with van der Waals surface area (Å²) < 4.78 is 5.28. The van der Waals surface area contributed by atoms with Gasteiger partial charge in [0.25, 0.3) is 5.91 Å². The van der Waals surface area contributed by atoms with Crippen LogP contribution in [0.3, 0.4) is 0 Å². The van der Waals surface area contributed by atoms with E-state index < -0.39 is 0 Å². The Labute approximate surface area is 151 Å². The van der Waals surface area contributed by atoms with E-state index in [1.807, 2.05) is 0 Å². The van der Waals surface area contributed by atoms with Crippen molar-refractivity contribution in [3.8, 4) is 0 Å². The number of rotatable bonds is 4. The molecular formula is C16H22ClN3O3S. The minimum absolute atomic E-state index is 0. The third-order valence-electron chi connectivity index (χ3n) is 4.00. The van der Waals surface area contributed by atoms with Gasteiger partial charge < -0.3 is 15.4 Å². The van der Waals surface area contributed by atoms with Crippen molar-refractivity contribution in [1.82, 2.24) is 10.6 Å². The van der Waals surface area contributed by atoms with Crippen molar-refractivity contribution in [2.45, 2.75) is 24.9 Å². The Morgan fingerprint density at radius 3 is 2.50 bits per heavy atom. The highest BCUT2D eigenvalue weighted by molar-refractivity contribution is 7.99. The molecule has 2 heterocycles. The minimum Gasteiger partial charge on any atom is -0.381 e. The highest BCUT2D eigenvalue weighted by Gasteiger charge is 2.22. The van der Waals surface area contributed by atoms with Crippen molar-refractivity contribution in [3.05, 3.63) is 29.8 Å². The van der Waals surface area contributed by atoms with E-state index in [9.17, 15) is 9.59 Å². The molecule has 2 aliphatic heterocycles. The number of carbonyl (C=O) groups excluding carboxylic acids is 2. The Kier molecular flexibility index (Phi) is 7.36. The summed E-state index contributed by atoms with van der Waals surface area (Å²) in [6.45, 7) is 1.40. The van der Waals surface area contributed by atoms with Gasteiger partial charge in [-0.15, -0.1) is 24.2 Å². The third kappa shape index (κ3) is 5.11. The lowest BCUT2D eigenvalue weighted by Crippen LogP contribution is -2.39. The summed E-state index contributed by atoms with van der Waals surface area (Å²) in [7, 11) is 0. The lowest BCUT2D eigenvalue weighted by atomic mass is 10.1. The SMILES string of the molecule is Cl.O=C(NC1CCOCC1)c1ccc(NC(=O)C2CSCN2)cc1. The van der Waals surface area contributed by atoms with Crippen molar-refractivity contribution in [1.29, 1.82) is 0 Å².